The number of sulfonamides is 1. The van der Waals surface area contributed by atoms with E-state index in [0.29, 0.717) is 38.2 Å². The van der Waals surface area contributed by atoms with Crippen molar-refractivity contribution in [2.75, 3.05) is 25.0 Å². The third kappa shape index (κ3) is 5.31. The van der Waals surface area contributed by atoms with Crippen LogP contribution in [0.3, 0.4) is 0 Å². The van der Waals surface area contributed by atoms with Crippen LogP contribution in [-0.2, 0) is 26.0 Å². The van der Waals surface area contributed by atoms with Crippen molar-refractivity contribution in [2.24, 2.45) is 5.92 Å². The molecule has 1 aliphatic rings. The molecule has 2 amide bonds. The van der Waals surface area contributed by atoms with Crippen LogP contribution < -0.4 is 10.0 Å². The number of carbonyl (C=O) groups excluding carboxylic acids is 2. The van der Waals surface area contributed by atoms with Crippen LogP contribution in [0.5, 0.6) is 0 Å². The molecule has 34 heavy (non-hydrogen) atoms. The van der Waals surface area contributed by atoms with Gasteiger partial charge < -0.3 is 15.2 Å². The molecule has 1 fully saturated rings. The summed E-state index contributed by atoms with van der Waals surface area (Å²) >= 11 is 0. The minimum absolute atomic E-state index is 0.0281. The van der Waals surface area contributed by atoms with Crippen LogP contribution in [-0.4, -0.2) is 49.8 Å². The van der Waals surface area contributed by atoms with Gasteiger partial charge in [-0.3, -0.25) is 9.59 Å². The Hall–Kier alpha value is -3.17. The zero-order valence-corrected chi connectivity index (χ0v) is 20.2. The van der Waals surface area contributed by atoms with Crippen LogP contribution in [0.2, 0.25) is 0 Å². The first-order chi connectivity index (χ1) is 16.3. The van der Waals surface area contributed by atoms with E-state index in [-0.39, 0.29) is 23.1 Å². The fraction of sp³-hybridized carbons (Fsp3) is 0.360. The molecule has 1 aliphatic heterocycles. The van der Waals surface area contributed by atoms with Gasteiger partial charge in [0.1, 0.15) is 0 Å². The lowest BCUT2D eigenvalue weighted by molar-refractivity contribution is -0.128. The van der Waals surface area contributed by atoms with Gasteiger partial charge in [0.2, 0.25) is 21.8 Å². The lowest BCUT2D eigenvalue weighted by Crippen LogP contribution is -2.30. The van der Waals surface area contributed by atoms with Crippen molar-refractivity contribution in [1.29, 1.82) is 0 Å². The second-order valence-corrected chi connectivity index (χ2v) is 10.5. The minimum Gasteiger partial charge on any atom is -0.361 e. The molecular formula is C25H30N4O4S. The molecule has 1 aromatic heterocycles. The highest BCUT2D eigenvalue weighted by molar-refractivity contribution is 7.89. The molecule has 0 bridgehead atoms. The number of aryl methyl sites for hydroxylation is 1. The van der Waals surface area contributed by atoms with E-state index in [9.17, 15) is 18.0 Å². The Bertz CT molecular complexity index is 1300. The Morgan fingerprint density at radius 1 is 1.18 bits per heavy atom. The molecule has 1 atom stereocenters. The van der Waals surface area contributed by atoms with E-state index in [1.54, 1.807) is 17.0 Å². The van der Waals surface area contributed by atoms with Crippen LogP contribution in [0.25, 0.3) is 10.9 Å². The van der Waals surface area contributed by atoms with Gasteiger partial charge in [-0.15, -0.1) is 0 Å². The number of rotatable bonds is 9. The Morgan fingerprint density at radius 2 is 1.94 bits per heavy atom. The number of likely N-dealkylation sites (tertiary alicyclic amines) is 1. The molecule has 9 heteroatoms. The van der Waals surface area contributed by atoms with E-state index in [2.05, 4.69) is 40.1 Å². The van der Waals surface area contributed by atoms with Crippen molar-refractivity contribution in [2.45, 2.75) is 38.0 Å². The van der Waals surface area contributed by atoms with Crippen LogP contribution in [0.15, 0.2) is 53.6 Å². The predicted octanol–water partition coefficient (Wildman–Crippen LogP) is 3.19. The van der Waals surface area contributed by atoms with E-state index in [0.717, 1.165) is 16.5 Å². The molecule has 8 nitrogen and oxygen atoms in total. The molecule has 3 aromatic rings. The van der Waals surface area contributed by atoms with Crippen molar-refractivity contribution in [3.63, 3.8) is 0 Å². The Morgan fingerprint density at radius 3 is 2.68 bits per heavy atom. The first-order valence-corrected chi connectivity index (χ1v) is 13.0. The van der Waals surface area contributed by atoms with Gasteiger partial charge in [0.15, 0.2) is 0 Å². The summed E-state index contributed by atoms with van der Waals surface area (Å²) in [5, 5.41) is 3.97. The van der Waals surface area contributed by atoms with Gasteiger partial charge in [-0.25, -0.2) is 13.1 Å². The third-order valence-corrected chi connectivity index (χ3v) is 7.61. The second kappa shape index (κ2) is 9.99. The van der Waals surface area contributed by atoms with Gasteiger partial charge in [0.25, 0.3) is 0 Å². The fourth-order valence-corrected chi connectivity index (χ4v) is 5.33. The molecule has 2 aromatic carbocycles. The summed E-state index contributed by atoms with van der Waals surface area (Å²) in [6.45, 7) is 5.24. The van der Waals surface area contributed by atoms with E-state index in [1.165, 1.54) is 17.7 Å². The molecule has 4 rings (SSSR count). The third-order valence-electron chi connectivity index (χ3n) is 6.13. The SMILES string of the molecule is CCCNS(=O)(=O)c1ccc(NC(=O)C2CC(=O)N(CCc3c[nH]c4ccc(C)cc34)C2)cc1. The average molecular weight is 483 g/mol. The van der Waals surface area contributed by atoms with Gasteiger partial charge >= 0.3 is 0 Å². The molecule has 2 heterocycles. The number of hydrogen-bond donors (Lipinski definition) is 3. The number of aromatic nitrogens is 1. The lowest BCUT2D eigenvalue weighted by Gasteiger charge is -2.16. The predicted molar refractivity (Wildman–Crippen MR) is 132 cm³/mol. The summed E-state index contributed by atoms with van der Waals surface area (Å²) in [6.07, 6.45) is 3.57. The van der Waals surface area contributed by atoms with Gasteiger partial charge in [-0.05, 0) is 61.7 Å². The summed E-state index contributed by atoms with van der Waals surface area (Å²) in [6, 6.07) is 12.3. The highest BCUT2D eigenvalue weighted by atomic mass is 32.2. The largest absolute Gasteiger partial charge is 0.361 e. The number of nitrogens with one attached hydrogen (secondary N) is 3. The first-order valence-electron chi connectivity index (χ1n) is 11.5. The Kier molecular flexibility index (Phi) is 7.04. The maximum absolute atomic E-state index is 12.7. The summed E-state index contributed by atoms with van der Waals surface area (Å²) in [5.74, 6) is -0.703. The molecule has 0 saturated carbocycles. The molecule has 3 N–H and O–H groups in total. The normalized spacial score (nSPS) is 16.4. The minimum atomic E-state index is -3.56. The van der Waals surface area contributed by atoms with E-state index in [1.807, 2.05) is 13.1 Å². The second-order valence-electron chi connectivity index (χ2n) is 8.77. The van der Waals surface area contributed by atoms with Gasteiger partial charge in [-0.1, -0.05) is 18.6 Å². The maximum Gasteiger partial charge on any atom is 0.240 e. The fourth-order valence-electron chi connectivity index (χ4n) is 4.20. The van der Waals surface area contributed by atoms with Gasteiger partial charge in [-0.2, -0.15) is 0 Å². The summed E-state index contributed by atoms with van der Waals surface area (Å²) in [5.41, 5.74) is 3.91. The van der Waals surface area contributed by atoms with Crippen LogP contribution in [0.1, 0.15) is 30.9 Å². The number of aromatic amines is 1. The highest BCUT2D eigenvalue weighted by Crippen LogP contribution is 2.24. The number of fused-ring (bicyclic) bond motifs is 1. The van der Waals surface area contributed by atoms with Crippen molar-refractivity contribution in [3.05, 3.63) is 59.8 Å². The number of anilines is 1. The van der Waals surface area contributed by atoms with Crippen LogP contribution in [0, 0.1) is 12.8 Å². The molecule has 0 aliphatic carbocycles. The lowest BCUT2D eigenvalue weighted by atomic mass is 10.1. The smallest absolute Gasteiger partial charge is 0.240 e. The molecule has 1 saturated heterocycles. The highest BCUT2D eigenvalue weighted by Gasteiger charge is 2.34. The van der Waals surface area contributed by atoms with Gasteiger partial charge in [0.05, 0.1) is 10.8 Å². The molecule has 0 spiro atoms. The monoisotopic (exact) mass is 482 g/mol. The zero-order chi connectivity index (χ0) is 24.3. The molecular weight excluding hydrogens is 452 g/mol. The number of H-pyrrole nitrogens is 1. The van der Waals surface area contributed by atoms with Crippen LogP contribution in [0.4, 0.5) is 5.69 Å². The van der Waals surface area contributed by atoms with Gasteiger partial charge in [0, 0.05) is 48.8 Å². The zero-order valence-electron chi connectivity index (χ0n) is 19.4. The number of carbonyl (C=O) groups is 2. The quantitative estimate of drug-likeness (QED) is 0.435. The van der Waals surface area contributed by atoms with Crippen molar-refractivity contribution in [3.8, 4) is 0 Å². The Balaban J connectivity index is 1.33. The summed E-state index contributed by atoms with van der Waals surface area (Å²) < 4.78 is 26.9. The topological polar surface area (TPSA) is 111 Å². The number of hydrogen-bond acceptors (Lipinski definition) is 4. The van der Waals surface area contributed by atoms with E-state index in [4.69, 9.17) is 0 Å². The molecule has 180 valence electrons. The standard InChI is InChI=1S/C25H30N4O4S/c1-3-11-27-34(32,33)21-7-5-20(6-8-21)28-25(31)19-14-24(30)29(16-19)12-10-18-15-26-23-9-4-17(2)13-22(18)23/h4-9,13,15,19,26-27H,3,10-12,14,16H2,1-2H3,(H,28,31). The van der Waals surface area contributed by atoms with Crippen molar-refractivity contribution < 1.29 is 18.0 Å². The van der Waals surface area contributed by atoms with E-state index >= 15 is 0 Å². The number of amides is 2. The van der Waals surface area contributed by atoms with Crippen molar-refractivity contribution >= 4 is 38.4 Å². The first kappa shape index (κ1) is 24.0. The summed E-state index contributed by atoms with van der Waals surface area (Å²) in [7, 11) is -3.56. The molecule has 1 unspecified atom stereocenters. The maximum atomic E-state index is 12.7. The van der Waals surface area contributed by atoms with Crippen molar-refractivity contribution in [1.82, 2.24) is 14.6 Å². The molecule has 0 radical (unpaired) electrons. The van der Waals surface area contributed by atoms with E-state index < -0.39 is 15.9 Å². The summed E-state index contributed by atoms with van der Waals surface area (Å²) in [4.78, 5) is 30.4. The van der Waals surface area contributed by atoms with Crippen LogP contribution >= 0.6 is 0 Å². The number of nitrogens with zero attached hydrogens (tertiary/aromatic N) is 1. The average Bonchev–Trinajstić information content (AvgIpc) is 3.39. The Labute approximate surface area is 199 Å². The number of benzene rings is 2.